The summed E-state index contributed by atoms with van der Waals surface area (Å²) in [5.41, 5.74) is -1.31. The number of nitro benzene ring substituents is 2. The van der Waals surface area contributed by atoms with Crippen molar-refractivity contribution in [3.63, 3.8) is 0 Å². The van der Waals surface area contributed by atoms with E-state index in [0.717, 1.165) is 20.8 Å². The fraction of sp³-hybridized carbons (Fsp3) is 0.167. The molecule has 0 aromatic heterocycles. The molecule has 0 spiro atoms. The number of imide groups is 1. The molecule has 0 saturated carbocycles. The zero-order valence-electron chi connectivity index (χ0n) is 31.1. The van der Waals surface area contributed by atoms with Crippen LogP contribution in [0.1, 0.15) is 25.0 Å². The molecule has 1 saturated heterocycles. The lowest BCUT2D eigenvalue weighted by Crippen LogP contribution is -2.74. The summed E-state index contributed by atoms with van der Waals surface area (Å²) in [6.07, 6.45) is -3.60. The molecule has 3 unspecified atom stereocenters. The molecule has 1 heterocycles. The molecule has 5 aromatic rings. The minimum Gasteiger partial charge on any atom is -0.444 e. The Bertz CT molecular complexity index is 2280. The topological polar surface area (TPSA) is 185 Å². The van der Waals surface area contributed by atoms with E-state index in [-0.39, 0.29) is 24.6 Å². The van der Waals surface area contributed by atoms with Crippen LogP contribution in [-0.4, -0.2) is 55.3 Å². The van der Waals surface area contributed by atoms with Crippen molar-refractivity contribution in [1.29, 1.82) is 0 Å². The van der Waals surface area contributed by atoms with Gasteiger partial charge in [-0.2, -0.15) is 0 Å². The van der Waals surface area contributed by atoms with Gasteiger partial charge in [0.05, 0.1) is 9.85 Å². The van der Waals surface area contributed by atoms with E-state index in [9.17, 15) is 34.6 Å². The Balaban J connectivity index is 1.47. The fourth-order valence-electron chi connectivity index (χ4n) is 6.69. The van der Waals surface area contributed by atoms with Gasteiger partial charge in [0.25, 0.3) is 11.4 Å². The van der Waals surface area contributed by atoms with E-state index in [1.165, 1.54) is 62.4 Å². The predicted molar refractivity (Wildman–Crippen MR) is 220 cm³/mol. The quantitative estimate of drug-likeness (QED) is 0.0386. The van der Waals surface area contributed by atoms with Crippen LogP contribution in [0.15, 0.2) is 140 Å². The molecular weight excluding hydrogens is 786 g/mol. The van der Waals surface area contributed by atoms with Crippen molar-refractivity contribution in [3.05, 3.63) is 171 Å². The largest absolute Gasteiger partial charge is 0.508 e. The number of carbonyl (C=O) groups excluding carboxylic acids is 4. The number of rotatable bonds is 13. The molecule has 58 heavy (non-hydrogen) atoms. The zero-order chi connectivity index (χ0) is 41.5. The van der Waals surface area contributed by atoms with Gasteiger partial charge in [-0.25, -0.2) is 14.5 Å². The van der Waals surface area contributed by atoms with Gasteiger partial charge in [-0.15, -0.1) is 0 Å². The van der Waals surface area contributed by atoms with Gasteiger partial charge in [-0.3, -0.25) is 29.8 Å². The summed E-state index contributed by atoms with van der Waals surface area (Å²) >= 11 is 0.700. The van der Waals surface area contributed by atoms with E-state index in [1.807, 2.05) is 96.8 Å². The van der Waals surface area contributed by atoms with Crippen LogP contribution in [0.25, 0.3) is 0 Å². The lowest BCUT2D eigenvalue weighted by Gasteiger charge is -2.54. The van der Waals surface area contributed by atoms with Gasteiger partial charge in [0.2, 0.25) is 5.91 Å². The van der Waals surface area contributed by atoms with Gasteiger partial charge in [0, 0.05) is 31.2 Å². The summed E-state index contributed by atoms with van der Waals surface area (Å²) in [6.45, 7) is -0.929. The van der Waals surface area contributed by atoms with E-state index in [2.05, 4.69) is 0 Å². The van der Waals surface area contributed by atoms with Crippen molar-refractivity contribution < 1.29 is 43.2 Å². The molecule has 3 atom stereocenters. The molecule has 14 nitrogen and oxygen atoms in total. The SMILES string of the molecule is CC(=O)SC1N(C(=O)OCc2ccc([N+](=O)[O-])cc2)C(=O)C1(C=P(c1ccccc1)(c1ccccc1)c1ccccc1)C(C)OC(=O)OCc1ccc([N+](=O)[O-])cc1. The number of nitro groups is 2. The van der Waals surface area contributed by atoms with Crippen LogP contribution in [0.3, 0.4) is 0 Å². The number of β-lactam (4-membered cyclic amide) rings is 1. The fourth-order valence-corrected chi connectivity index (χ4v) is 12.3. The number of thioether (sulfide) groups is 1. The first-order valence-electron chi connectivity index (χ1n) is 17.8. The minimum atomic E-state index is -3.06. The van der Waals surface area contributed by atoms with Crippen molar-refractivity contribution in [2.45, 2.75) is 38.5 Å². The Labute approximate surface area is 337 Å². The summed E-state index contributed by atoms with van der Waals surface area (Å²) < 4.78 is 16.9. The van der Waals surface area contributed by atoms with Crippen molar-refractivity contribution in [2.24, 2.45) is 5.41 Å². The van der Waals surface area contributed by atoms with Gasteiger partial charge in [0.1, 0.15) is 30.1 Å². The van der Waals surface area contributed by atoms with Crippen LogP contribution in [-0.2, 0) is 37.0 Å². The third-order valence-corrected chi connectivity index (χ3v) is 14.9. The third-order valence-electron chi connectivity index (χ3n) is 9.56. The molecule has 0 radical (unpaired) electrons. The standard InChI is InChI=1S/C42H36N3O11PS/c1-29(56-41(49)55-27-32-20-24-34(25-21-32)45(52)53)42(28-57(35-12-6-3-7-13-35,36-14-8-4-9-15-36)37-16-10-5-11-17-37)38(47)43(39(42)58-30(2)46)40(48)54-26-31-18-22-33(23-19-31)44(50)51/h3-25,28-29,39H,26-27H2,1-2H3. The molecule has 6 rings (SSSR count). The summed E-state index contributed by atoms with van der Waals surface area (Å²) in [7, 11) is 0. The smallest absolute Gasteiger partial charge is 0.444 e. The molecule has 16 heteroatoms. The number of amides is 2. The zero-order valence-corrected chi connectivity index (χ0v) is 32.8. The first-order chi connectivity index (χ1) is 27.9. The number of hydrogen-bond donors (Lipinski definition) is 0. The Morgan fingerprint density at radius 3 is 1.53 bits per heavy atom. The first-order valence-corrected chi connectivity index (χ1v) is 20.5. The van der Waals surface area contributed by atoms with E-state index in [4.69, 9.17) is 14.2 Å². The molecule has 1 aliphatic rings. The Morgan fingerprint density at radius 2 is 1.14 bits per heavy atom. The van der Waals surface area contributed by atoms with Crippen LogP contribution in [0.2, 0.25) is 0 Å². The lowest BCUT2D eigenvalue weighted by molar-refractivity contribution is -0.385. The van der Waals surface area contributed by atoms with Crippen LogP contribution in [0.5, 0.6) is 0 Å². The van der Waals surface area contributed by atoms with E-state index in [1.54, 1.807) is 0 Å². The molecule has 1 fully saturated rings. The van der Waals surface area contributed by atoms with Gasteiger partial charge in [-0.1, -0.05) is 109 Å². The van der Waals surface area contributed by atoms with E-state index < -0.39 is 56.9 Å². The highest BCUT2D eigenvalue weighted by atomic mass is 32.2. The van der Waals surface area contributed by atoms with Crippen LogP contribution < -0.4 is 15.9 Å². The Hall–Kier alpha value is -6.57. The normalized spacial score (nSPS) is 16.6. The first kappa shape index (κ1) is 41.1. The summed E-state index contributed by atoms with van der Waals surface area (Å²) in [6, 6.07) is 39.2. The van der Waals surface area contributed by atoms with Crippen LogP contribution >= 0.6 is 18.6 Å². The second-order valence-electron chi connectivity index (χ2n) is 13.1. The highest BCUT2D eigenvalue weighted by molar-refractivity contribution is 8.14. The number of benzene rings is 5. The predicted octanol–water partition coefficient (Wildman–Crippen LogP) is 7.11. The monoisotopic (exact) mass is 821 g/mol. The second-order valence-corrected chi connectivity index (χ2v) is 17.6. The number of ether oxygens (including phenoxy) is 3. The van der Waals surface area contributed by atoms with Crippen molar-refractivity contribution in [1.82, 2.24) is 4.90 Å². The highest BCUT2D eigenvalue weighted by Crippen LogP contribution is 2.55. The van der Waals surface area contributed by atoms with Gasteiger partial charge < -0.3 is 14.2 Å². The number of hydrogen-bond acceptors (Lipinski definition) is 12. The van der Waals surface area contributed by atoms with Crippen LogP contribution in [0, 0.1) is 25.6 Å². The molecule has 5 aromatic carbocycles. The average Bonchev–Trinajstić information content (AvgIpc) is 3.23. The van der Waals surface area contributed by atoms with Crippen molar-refractivity contribution >= 4 is 75.0 Å². The Morgan fingerprint density at radius 1 is 0.724 bits per heavy atom. The van der Waals surface area contributed by atoms with E-state index >= 15 is 4.79 Å². The molecule has 1 aliphatic heterocycles. The molecule has 0 bridgehead atoms. The Kier molecular flexibility index (Phi) is 12.5. The number of nitrogens with zero attached hydrogens (tertiary/aromatic N) is 3. The molecule has 296 valence electrons. The maximum absolute atomic E-state index is 15.0. The number of carbonyl (C=O) groups is 4. The lowest BCUT2D eigenvalue weighted by atomic mass is 9.75. The summed E-state index contributed by atoms with van der Waals surface area (Å²) in [5.74, 6) is 1.04. The molecule has 2 amide bonds. The van der Waals surface area contributed by atoms with Gasteiger partial charge in [0.15, 0.2) is 5.12 Å². The van der Waals surface area contributed by atoms with Crippen molar-refractivity contribution in [3.8, 4) is 0 Å². The molecule has 0 N–H and O–H groups in total. The van der Waals surface area contributed by atoms with E-state index in [0.29, 0.717) is 22.9 Å². The second kappa shape index (κ2) is 17.7. The maximum Gasteiger partial charge on any atom is 0.508 e. The highest BCUT2D eigenvalue weighted by Gasteiger charge is 2.68. The maximum atomic E-state index is 15.0. The van der Waals surface area contributed by atoms with Crippen LogP contribution in [0.4, 0.5) is 21.0 Å². The minimum absolute atomic E-state index is 0.146. The van der Waals surface area contributed by atoms with Gasteiger partial charge in [-0.05, 0) is 65.1 Å². The molecular formula is C42H36N3O11PS. The number of non-ortho nitro benzene ring substituents is 2. The van der Waals surface area contributed by atoms with Gasteiger partial charge >= 0.3 is 12.2 Å². The number of likely N-dealkylation sites (tertiary alicyclic amines) is 1. The average molecular weight is 822 g/mol. The third kappa shape index (κ3) is 8.41. The van der Waals surface area contributed by atoms with Crippen molar-refractivity contribution in [2.75, 3.05) is 0 Å². The summed E-state index contributed by atoms with van der Waals surface area (Å²) in [5, 5.41) is 23.0. The summed E-state index contributed by atoms with van der Waals surface area (Å²) in [4.78, 5) is 77.4. The molecule has 0 aliphatic carbocycles.